The number of nitrogens with one attached hydrogen (secondary N) is 1. The lowest BCUT2D eigenvalue weighted by Crippen LogP contribution is -2.30. The van der Waals surface area contributed by atoms with Gasteiger partial charge < -0.3 is 5.32 Å². The maximum Gasteiger partial charge on any atom is 0.233 e. The fourth-order valence-corrected chi connectivity index (χ4v) is 4.31. The van der Waals surface area contributed by atoms with Crippen molar-refractivity contribution >= 4 is 50.6 Å². The van der Waals surface area contributed by atoms with E-state index in [1.807, 2.05) is 35.9 Å². The molecule has 0 aliphatic rings. The summed E-state index contributed by atoms with van der Waals surface area (Å²) >= 11 is 4.72. The monoisotopic (exact) mass is 335 g/mol. The van der Waals surface area contributed by atoms with Crippen molar-refractivity contribution in [3.05, 3.63) is 40.2 Å². The van der Waals surface area contributed by atoms with Gasteiger partial charge in [-0.2, -0.15) is 0 Å². The van der Waals surface area contributed by atoms with Crippen LogP contribution in [0.3, 0.4) is 0 Å². The molecule has 0 spiro atoms. The zero-order chi connectivity index (χ0) is 14.7. The van der Waals surface area contributed by atoms with Crippen LogP contribution in [0.5, 0.6) is 0 Å². The lowest BCUT2D eigenvalue weighted by atomic mass is 10.4. The largest absolute Gasteiger partial charge is 0.350 e. The zero-order valence-corrected chi connectivity index (χ0v) is 13.7. The van der Waals surface area contributed by atoms with Gasteiger partial charge in [-0.05, 0) is 29.8 Å². The summed E-state index contributed by atoms with van der Waals surface area (Å²) in [7, 11) is 0. The Labute approximate surface area is 134 Å². The summed E-state index contributed by atoms with van der Waals surface area (Å²) in [6, 6.07) is 5.97. The lowest BCUT2D eigenvalue weighted by molar-refractivity contribution is -0.120. The van der Waals surface area contributed by atoms with Crippen molar-refractivity contribution < 1.29 is 4.79 Å². The predicted octanol–water partition coefficient (Wildman–Crippen LogP) is 3.55. The number of amides is 1. The molecule has 3 rings (SSSR count). The molecule has 4 nitrogen and oxygen atoms in total. The third kappa shape index (κ3) is 3.42. The molecule has 108 valence electrons. The van der Waals surface area contributed by atoms with Gasteiger partial charge in [0, 0.05) is 4.88 Å². The highest BCUT2D eigenvalue weighted by atomic mass is 32.2. The summed E-state index contributed by atoms with van der Waals surface area (Å²) < 4.78 is 1.04. The molecule has 0 fully saturated rings. The molecule has 0 radical (unpaired) electrons. The molecule has 3 heterocycles. The number of thiophene rings is 2. The Bertz CT molecular complexity index is 739. The predicted molar refractivity (Wildman–Crippen MR) is 88.9 cm³/mol. The highest BCUT2D eigenvalue weighted by molar-refractivity contribution is 8.00. The Morgan fingerprint density at radius 3 is 3.05 bits per heavy atom. The number of fused-ring (bicyclic) bond motifs is 1. The summed E-state index contributed by atoms with van der Waals surface area (Å²) in [6.07, 6.45) is 1.55. The second-order valence-corrected chi connectivity index (χ2v) is 7.65. The highest BCUT2D eigenvalue weighted by Crippen LogP contribution is 2.31. The molecule has 0 unspecified atom stereocenters. The number of hydrogen-bond acceptors (Lipinski definition) is 6. The third-order valence-corrected chi connectivity index (χ3v) is 5.90. The molecule has 1 amide bonds. The van der Waals surface area contributed by atoms with Gasteiger partial charge in [-0.1, -0.05) is 17.8 Å². The highest BCUT2D eigenvalue weighted by Gasteiger charge is 2.17. The van der Waals surface area contributed by atoms with Crippen molar-refractivity contribution in [3.63, 3.8) is 0 Å². The van der Waals surface area contributed by atoms with Gasteiger partial charge in [0.05, 0.1) is 22.0 Å². The number of carbonyl (C=O) groups is 1. The van der Waals surface area contributed by atoms with E-state index >= 15 is 0 Å². The number of hydrogen-bond donors (Lipinski definition) is 1. The number of thioether (sulfide) groups is 1. The van der Waals surface area contributed by atoms with Gasteiger partial charge in [0.2, 0.25) is 5.91 Å². The standard InChI is InChI=1S/C14H13N3OS3/c1-9(13(18)15-7-10-3-2-5-19-10)21-14-12-11(4-6-20-12)16-8-17-14/h2-6,8-9H,7H2,1H3,(H,15,18)/t9-/m0/s1. The number of nitrogens with zero attached hydrogens (tertiary/aromatic N) is 2. The Kier molecular flexibility index (Phi) is 4.52. The van der Waals surface area contributed by atoms with E-state index in [-0.39, 0.29) is 11.2 Å². The van der Waals surface area contributed by atoms with Crippen LogP contribution >= 0.6 is 34.4 Å². The van der Waals surface area contributed by atoms with Crippen LogP contribution in [0.4, 0.5) is 0 Å². The first-order valence-corrected chi connectivity index (χ1v) is 9.03. The fourth-order valence-electron chi connectivity index (χ4n) is 1.80. The minimum Gasteiger partial charge on any atom is -0.350 e. The van der Waals surface area contributed by atoms with Crippen LogP contribution in [-0.4, -0.2) is 21.1 Å². The molecule has 0 aliphatic heterocycles. The summed E-state index contributed by atoms with van der Waals surface area (Å²) in [5, 5.41) is 7.64. The molecule has 0 bridgehead atoms. The number of carbonyl (C=O) groups excluding carboxylic acids is 1. The molecular formula is C14H13N3OS3. The maximum atomic E-state index is 12.1. The van der Waals surface area contributed by atoms with Crippen molar-refractivity contribution in [2.45, 2.75) is 23.7 Å². The van der Waals surface area contributed by atoms with E-state index in [0.29, 0.717) is 6.54 Å². The molecule has 1 atom stereocenters. The van der Waals surface area contributed by atoms with Crippen LogP contribution in [0.2, 0.25) is 0 Å². The normalized spacial score (nSPS) is 12.4. The first-order valence-electron chi connectivity index (χ1n) is 6.39. The van der Waals surface area contributed by atoms with Crippen molar-refractivity contribution in [1.29, 1.82) is 0 Å². The van der Waals surface area contributed by atoms with E-state index in [1.54, 1.807) is 29.0 Å². The molecule has 3 aromatic heterocycles. The molecule has 0 saturated heterocycles. The molecule has 3 aromatic rings. The van der Waals surface area contributed by atoms with E-state index < -0.39 is 0 Å². The molecular weight excluding hydrogens is 322 g/mol. The Balaban J connectivity index is 1.64. The second kappa shape index (κ2) is 6.55. The minimum absolute atomic E-state index is 0.0247. The molecule has 0 aliphatic carbocycles. The molecule has 1 N–H and O–H groups in total. The van der Waals surface area contributed by atoms with Crippen molar-refractivity contribution in [3.8, 4) is 0 Å². The summed E-state index contributed by atoms with van der Waals surface area (Å²) in [6.45, 7) is 2.48. The molecule has 0 saturated carbocycles. The Morgan fingerprint density at radius 1 is 1.33 bits per heavy atom. The van der Waals surface area contributed by atoms with Gasteiger partial charge >= 0.3 is 0 Å². The maximum absolute atomic E-state index is 12.1. The van der Waals surface area contributed by atoms with Gasteiger partial charge in [-0.3, -0.25) is 4.79 Å². The van der Waals surface area contributed by atoms with Gasteiger partial charge in [0.1, 0.15) is 11.4 Å². The first-order chi connectivity index (χ1) is 10.2. The van der Waals surface area contributed by atoms with Crippen molar-refractivity contribution in [1.82, 2.24) is 15.3 Å². The fraction of sp³-hybridized carbons (Fsp3) is 0.214. The van der Waals surface area contributed by atoms with E-state index in [4.69, 9.17) is 0 Å². The second-order valence-electron chi connectivity index (χ2n) is 4.37. The molecule has 7 heteroatoms. The van der Waals surface area contributed by atoms with Crippen LogP contribution < -0.4 is 5.32 Å². The van der Waals surface area contributed by atoms with Gasteiger partial charge in [-0.25, -0.2) is 9.97 Å². The summed E-state index contributed by atoms with van der Waals surface area (Å²) in [5.74, 6) is 0.0247. The van der Waals surface area contributed by atoms with E-state index in [2.05, 4.69) is 15.3 Å². The molecule has 21 heavy (non-hydrogen) atoms. The SMILES string of the molecule is C[C@H](Sc1ncnc2ccsc12)C(=O)NCc1cccs1. The Morgan fingerprint density at radius 2 is 2.24 bits per heavy atom. The van der Waals surface area contributed by atoms with Crippen LogP contribution in [0.15, 0.2) is 40.3 Å². The van der Waals surface area contributed by atoms with Gasteiger partial charge in [0.15, 0.2) is 0 Å². The van der Waals surface area contributed by atoms with Crippen LogP contribution in [0.25, 0.3) is 10.2 Å². The zero-order valence-electron chi connectivity index (χ0n) is 11.3. The van der Waals surface area contributed by atoms with Crippen LogP contribution in [0.1, 0.15) is 11.8 Å². The third-order valence-electron chi connectivity index (χ3n) is 2.89. The number of aromatic nitrogens is 2. The topological polar surface area (TPSA) is 54.9 Å². The summed E-state index contributed by atoms with van der Waals surface area (Å²) in [4.78, 5) is 21.8. The summed E-state index contributed by atoms with van der Waals surface area (Å²) in [5.41, 5.74) is 0.934. The first kappa shape index (κ1) is 14.5. The quantitative estimate of drug-likeness (QED) is 0.572. The number of rotatable bonds is 5. The van der Waals surface area contributed by atoms with E-state index in [1.165, 1.54) is 11.8 Å². The average Bonchev–Trinajstić information content (AvgIpc) is 3.16. The molecule has 0 aromatic carbocycles. The lowest BCUT2D eigenvalue weighted by Gasteiger charge is -2.11. The van der Waals surface area contributed by atoms with E-state index in [9.17, 15) is 4.79 Å². The van der Waals surface area contributed by atoms with Gasteiger partial charge in [0.25, 0.3) is 0 Å². The Hall–Kier alpha value is -1.44. The van der Waals surface area contributed by atoms with Gasteiger partial charge in [-0.15, -0.1) is 22.7 Å². The average molecular weight is 335 g/mol. The van der Waals surface area contributed by atoms with Crippen LogP contribution in [-0.2, 0) is 11.3 Å². The van der Waals surface area contributed by atoms with Crippen LogP contribution in [0, 0.1) is 0 Å². The van der Waals surface area contributed by atoms with Crippen molar-refractivity contribution in [2.75, 3.05) is 0 Å². The van der Waals surface area contributed by atoms with Crippen molar-refractivity contribution in [2.24, 2.45) is 0 Å². The van der Waals surface area contributed by atoms with E-state index in [0.717, 1.165) is 20.1 Å². The minimum atomic E-state index is -0.190. The smallest absolute Gasteiger partial charge is 0.233 e.